The van der Waals surface area contributed by atoms with Gasteiger partial charge in [0, 0.05) is 49.5 Å². The fourth-order valence-corrected chi connectivity index (χ4v) is 4.34. The maximum atomic E-state index is 6.27. The maximum Gasteiger partial charge on any atom is 0.130 e. The third kappa shape index (κ3) is 4.99. The second-order valence-electron chi connectivity index (χ2n) is 8.93. The average molecular weight is 670 g/mol. The topological polar surface area (TPSA) is 51.8 Å². The monoisotopic (exact) mass is 670 g/mol. The molecule has 0 spiro atoms. The summed E-state index contributed by atoms with van der Waals surface area (Å²) in [6.45, 7) is 4.06. The molecule has 38 heavy (non-hydrogen) atoms. The Bertz CT molecular complexity index is 1830. The van der Waals surface area contributed by atoms with Crippen molar-refractivity contribution in [3.63, 3.8) is 0 Å². The first kappa shape index (κ1) is 25.5. The zero-order valence-corrected chi connectivity index (χ0v) is 23.3. The van der Waals surface area contributed by atoms with Crippen molar-refractivity contribution in [2.24, 2.45) is 0 Å². The summed E-state index contributed by atoms with van der Waals surface area (Å²) in [6.07, 6.45) is 5.53. The molecule has 0 unspecified atom stereocenters. The van der Waals surface area contributed by atoms with Crippen LogP contribution in [-0.2, 0) is 20.1 Å². The van der Waals surface area contributed by atoms with Crippen LogP contribution in [0.2, 0.25) is 0 Å². The summed E-state index contributed by atoms with van der Waals surface area (Å²) in [5.74, 6) is 0. The zero-order valence-electron chi connectivity index (χ0n) is 20.9. The van der Waals surface area contributed by atoms with Gasteiger partial charge in [-0.15, -0.1) is 54.1 Å². The van der Waals surface area contributed by atoms with E-state index in [-0.39, 0.29) is 20.1 Å². The molecule has 4 heterocycles. The van der Waals surface area contributed by atoms with Gasteiger partial charge in [0.2, 0.25) is 0 Å². The van der Waals surface area contributed by atoms with Gasteiger partial charge in [0.1, 0.15) is 5.58 Å². The molecule has 0 amide bonds. The number of furan rings is 1. The number of aromatic nitrogens is 3. The molecule has 5 heteroatoms. The molecule has 7 rings (SSSR count). The molecular formula is C33H23IrN3O-2. The number of rotatable bonds is 2. The summed E-state index contributed by atoms with van der Waals surface area (Å²) in [4.78, 5) is 13.3. The van der Waals surface area contributed by atoms with E-state index in [1.807, 2.05) is 93.0 Å². The normalized spacial score (nSPS) is 10.7. The smallest absolute Gasteiger partial charge is 0.130 e. The summed E-state index contributed by atoms with van der Waals surface area (Å²) in [5.41, 5.74) is 8.71. The van der Waals surface area contributed by atoms with Crippen LogP contribution in [0.4, 0.5) is 0 Å². The van der Waals surface area contributed by atoms with Crippen molar-refractivity contribution in [2.75, 3.05) is 0 Å². The number of hydrogen-bond donors (Lipinski definition) is 0. The van der Waals surface area contributed by atoms with E-state index >= 15 is 0 Å². The number of benzene rings is 3. The Morgan fingerprint density at radius 2 is 1.37 bits per heavy atom. The van der Waals surface area contributed by atoms with Crippen LogP contribution in [0.5, 0.6) is 0 Å². The number of nitrogens with zero attached hydrogens (tertiary/aromatic N) is 3. The fraction of sp³-hybridized carbons (Fsp3) is 0.0606. The fourth-order valence-electron chi connectivity index (χ4n) is 4.34. The van der Waals surface area contributed by atoms with Crippen LogP contribution in [0.3, 0.4) is 0 Å². The van der Waals surface area contributed by atoms with Gasteiger partial charge in [-0.25, -0.2) is 0 Å². The predicted molar refractivity (Wildman–Crippen MR) is 149 cm³/mol. The molecule has 0 bridgehead atoms. The quantitative estimate of drug-likeness (QED) is 0.174. The van der Waals surface area contributed by atoms with Gasteiger partial charge < -0.3 is 14.4 Å². The van der Waals surface area contributed by atoms with Crippen molar-refractivity contribution in [1.29, 1.82) is 0 Å². The van der Waals surface area contributed by atoms with E-state index in [0.717, 1.165) is 60.9 Å². The number of aryl methyl sites for hydroxylation is 2. The Balaban J connectivity index is 0.000000179. The van der Waals surface area contributed by atoms with E-state index in [2.05, 4.69) is 45.3 Å². The molecule has 4 nitrogen and oxygen atoms in total. The van der Waals surface area contributed by atoms with Gasteiger partial charge in [-0.05, 0) is 60.6 Å². The summed E-state index contributed by atoms with van der Waals surface area (Å²) < 4.78 is 6.27. The molecular weight excluding hydrogens is 647 g/mol. The van der Waals surface area contributed by atoms with Crippen LogP contribution in [0.1, 0.15) is 11.1 Å². The van der Waals surface area contributed by atoms with E-state index in [9.17, 15) is 0 Å². The largest absolute Gasteiger partial charge is 0.500 e. The van der Waals surface area contributed by atoms with Gasteiger partial charge in [-0.1, -0.05) is 35.2 Å². The van der Waals surface area contributed by atoms with Crippen molar-refractivity contribution in [1.82, 2.24) is 15.0 Å². The van der Waals surface area contributed by atoms with Crippen molar-refractivity contribution in [3.8, 4) is 22.5 Å². The van der Waals surface area contributed by atoms with Crippen LogP contribution in [-0.4, -0.2) is 15.0 Å². The van der Waals surface area contributed by atoms with Crippen LogP contribution in [0, 0.1) is 26.0 Å². The molecule has 4 aromatic heterocycles. The van der Waals surface area contributed by atoms with E-state index in [4.69, 9.17) is 4.42 Å². The van der Waals surface area contributed by atoms with E-state index in [1.54, 1.807) is 6.20 Å². The predicted octanol–water partition coefficient (Wildman–Crippen LogP) is 8.16. The Morgan fingerprint density at radius 3 is 2.08 bits per heavy atom. The first-order valence-electron chi connectivity index (χ1n) is 12.1. The van der Waals surface area contributed by atoms with E-state index in [0.29, 0.717) is 0 Å². The van der Waals surface area contributed by atoms with Crippen LogP contribution < -0.4 is 0 Å². The van der Waals surface area contributed by atoms with Gasteiger partial charge in [0.15, 0.2) is 0 Å². The molecule has 0 saturated heterocycles. The Morgan fingerprint density at radius 1 is 0.605 bits per heavy atom. The van der Waals surface area contributed by atoms with Gasteiger partial charge in [0.05, 0.1) is 11.1 Å². The van der Waals surface area contributed by atoms with E-state index < -0.39 is 0 Å². The molecule has 3 aromatic carbocycles. The van der Waals surface area contributed by atoms with Crippen LogP contribution in [0.15, 0.2) is 108 Å². The first-order chi connectivity index (χ1) is 18.2. The van der Waals surface area contributed by atoms with Crippen molar-refractivity contribution >= 4 is 32.8 Å². The third-order valence-corrected chi connectivity index (χ3v) is 6.24. The second-order valence-corrected chi connectivity index (χ2v) is 8.93. The van der Waals surface area contributed by atoms with Gasteiger partial charge in [-0.2, -0.15) is 0 Å². The molecule has 0 aliphatic rings. The molecule has 0 aliphatic heterocycles. The Labute approximate surface area is 234 Å². The standard InChI is InChI=1S/C21H13N2O.C12H10N.Ir/c1-13-7-9-19(23-12-13)16-5-2-4-14-15-8-10-18-17(6-3-11-22-18)21(15)24-20(14)16;1-10-7-8-12(13-9-10)11-5-3-2-4-6-11;/h2-4,6-12H,1H3;2-5,7-9H,1H3;/q2*-1;. The van der Waals surface area contributed by atoms with Crippen molar-refractivity contribution in [2.45, 2.75) is 13.8 Å². The molecule has 0 atom stereocenters. The molecule has 0 fully saturated rings. The molecule has 187 valence electrons. The van der Waals surface area contributed by atoms with Crippen molar-refractivity contribution in [3.05, 3.63) is 127 Å². The van der Waals surface area contributed by atoms with Crippen LogP contribution >= 0.6 is 0 Å². The van der Waals surface area contributed by atoms with Gasteiger partial charge in [0.25, 0.3) is 0 Å². The third-order valence-electron chi connectivity index (χ3n) is 6.24. The van der Waals surface area contributed by atoms with Crippen molar-refractivity contribution < 1.29 is 24.5 Å². The second kappa shape index (κ2) is 11.1. The zero-order chi connectivity index (χ0) is 25.2. The molecule has 0 N–H and O–H groups in total. The summed E-state index contributed by atoms with van der Waals surface area (Å²) in [6, 6.07) is 34.5. The Hall–Kier alpha value is -4.18. The number of fused-ring (bicyclic) bond motifs is 5. The first-order valence-corrected chi connectivity index (χ1v) is 12.1. The summed E-state index contributed by atoms with van der Waals surface area (Å²) in [5, 5.41) is 3.19. The summed E-state index contributed by atoms with van der Waals surface area (Å²) >= 11 is 0. The molecule has 1 radical (unpaired) electrons. The molecule has 7 aromatic rings. The summed E-state index contributed by atoms with van der Waals surface area (Å²) in [7, 11) is 0. The SMILES string of the molecule is Cc1ccc(-c2[c-]ccc3c2oc2c4cccnc4ccc32)nc1.Cc1ccc(-c2[c-]cccc2)nc1.[Ir]. The average Bonchev–Trinajstić information content (AvgIpc) is 3.34. The van der Waals surface area contributed by atoms with Gasteiger partial charge >= 0.3 is 0 Å². The minimum atomic E-state index is 0. The van der Waals surface area contributed by atoms with E-state index in [1.165, 1.54) is 5.56 Å². The molecule has 0 aliphatic carbocycles. The number of hydrogen-bond acceptors (Lipinski definition) is 4. The maximum absolute atomic E-state index is 6.27. The molecule has 0 saturated carbocycles. The Kier molecular flexibility index (Phi) is 7.41. The number of pyridine rings is 3. The van der Waals surface area contributed by atoms with Crippen LogP contribution in [0.25, 0.3) is 55.4 Å². The minimum Gasteiger partial charge on any atom is -0.500 e. The van der Waals surface area contributed by atoms with Gasteiger partial charge in [-0.3, -0.25) is 4.98 Å². The minimum absolute atomic E-state index is 0.